The summed E-state index contributed by atoms with van der Waals surface area (Å²) in [5.41, 5.74) is 7.56. The Morgan fingerprint density at radius 2 is 2.19 bits per heavy atom. The van der Waals surface area contributed by atoms with Gasteiger partial charge in [0, 0.05) is 50.3 Å². The number of urea groups is 1. The fraction of sp³-hybridized carbons (Fsp3) is 0.409. The number of hydrogen-bond donors (Lipinski definition) is 2. The molecule has 1 aliphatic rings. The Bertz CT molecular complexity index is 996. The lowest BCUT2D eigenvalue weighted by Gasteiger charge is -2.37. The first-order chi connectivity index (χ1) is 15.4. The number of carbonyl (C=O) groups is 2. The number of nitrogens with one attached hydrogen (secondary N) is 1. The molecule has 10 heteroatoms. The Balaban J connectivity index is 1.69. The van der Waals surface area contributed by atoms with Crippen molar-refractivity contribution in [2.45, 2.75) is 31.5 Å². The third-order valence-electron chi connectivity index (χ3n) is 5.35. The molecule has 0 unspecified atom stereocenters. The van der Waals surface area contributed by atoms with Crippen LogP contribution >= 0.6 is 0 Å². The van der Waals surface area contributed by atoms with Crippen LogP contribution < -0.4 is 11.1 Å². The summed E-state index contributed by atoms with van der Waals surface area (Å²) in [6, 6.07) is 8.35. The summed E-state index contributed by atoms with van der Waals surface area (Å²) in [4.78, 5) is 35.8. The number of hydrogen-bond acceptors (Lipinski definition) is 6. The van der Waals surface area contributed by atoms with E-state index in [1.165, 1.54) is 16.0 Å². The Morgan fingerprint density at radius 1 is 1.38 bits per heavy atom. The Morgan fingerprint density at radius 3 is 2.84 bits per heavy atom. The summed E-state index contributed by atoms with van der Waals surface area (Å²) < 4.78 is 15.0. The Kier molecular flexibility index (Phi) is 7.54. The summed E-state index contributed by atoms with van der Waals surface area (Å²) >= 11 is 0. The lowest BCUT2D eigenvalue weighted by molar-refractivity contribution is 0.1000. The number of primary amides is 1. The number of rotatable bonds is 7. The first kappa shape index (κ1) is 22.9. The van der Waals surface area contributed by atoms with E-state index in [2.05, 4.69) is 15.3 Å². The van der Waals surface area contributed by atoms with Crippen LogP contribution in [0.5, 0.6) is 0 Å². The number of pyridine rings is 2. The molecule has 3 amide bonds. The number of aromatic nitrogens is 2. The summed E-state index contributed by atoms with van der Waals surface area (Å²) in [5.74, 6) is -0.661. The molecule has 9 nitrogen and oxygen atoms in total. The van der Waals surface area contributed by atoms with E-state index in [1.54, 1.807) is 19.3 Å². The maximum Gasteiger partial charge on any atom is 0.319 e. The van der Waals surface area contributed by atoms with Crippen LogP contribution in [0.2, 0.25) is 0 Å². The van der Waals surface area contributed by atoms with E-state index < -0.39 is 18.1 Å². The van der Waals surface area contributed by atoms with Crippen LogP contribution in [0.3, 0.4) is 0 Å². The first-order valence-corrected chi connectivity index (χ1v) is 10.3. The number of piperidine rings is 1. The van der Waals surface area contributed by atoms with Crippen molar-refractivity contribution in [3.05, 3.63) is 53.6 Å². The number of likely N-dealkylation sites (tertiary alicyclic amines) is 1. The lowest BCUT2D eigenvalue weighted by atomic mass is 10.0. The van der Waals surface area contributed by atoms with Gasteiger partial charge in [-0.3, -0.25) is 14.8 Å². The van der Waals surface area contributed by atoms with Gasteiger partial charge in [0.25, 0.3) is 5.91 Å². The van der Waals surface area contributed by atoms with Crippen LogP contribution in [0.25, 0.3) is 0 Å². The topological polar surface area (TPSA) is 128 Å². The molecule has 1 fully saturated rings. The van der Waals surface area contributed by atoms with Crippen molar-refractivity contribution in [2.24, 2.45) is 5.73 Å². The van der Waals surface area contributed by atoms with Crippen molar-refractivity contribution in [1.82, 2.24) is 19.8 Å². The van der Waals surface area contributed by atoms with E-state index in [0.717, 1.165) is 5.69 Å². The lowest BCUT2D eigenvalue weighted by Crippen LogP contribution is -2.53. The van der Waals surface area contributed by atoms with Gasteiger partial charge in [-0.15, -0.1) is 0 Å². The number of carbonyl (C=O) groups excluding carboxylic acids is 2. The van der Waals surface area contributed by atoms with Crippen LogP contribution in [0, 0.1) is 11.3 Å². The van der Waals surface area contributed by atoms with E-state index in [4.69, 9.17) is 11.0 Å². The number of halogens is 1. The molecule has 0 bridgehead atoms. The van der Waals surface area contributed by atoms with E-state index in [9.17, 15) is 14.0 Å². The smallest absolute Gasteiger partial charge is 0.319 e. The van der Waals surface area contributed by atoms with Crippen LogP contribution in [-0.2, 0) is 6.42 Å². The summed E-state index contributed by atoms with van der Waals surface area (Å²) in [6.07, 6.45) is 2.76. The Hall–Kier alpha value is -3.74. The van der Waals surface area contributed by atoms with Gasteiger partial charge in [-0.25, -0.2) is 9.18 Å². The zero-order valence-corrected chi connectivity index (χ0v) is 17.9. The number of alkyl halides is 1. The molecule has 2 aromatic rings. The van der Waals surface area contributed by atoms with Gasteiger partial charge >= 0.3 is 6.03 Å². The molecule has 1 saturated heterocycles. The normalized spacial score (nSPS) is 18.0. The Labute approximate surface area is 186 Å². The molecule has 32 heavy (non-hydrogen) atoms. The zero-order chi connectivity index (χ0) is 23.1. The SMILES string of the molecule is CN(CCC#N)C(=O)N1CC[C@@H](Nc2cc(Cc3ccccn3)ncc2C(N)=O)[C@@H](F)C1. The predicted molar refractivity (Wildman–Crippen MR) is 117 cm³/mol. The molecule has 3 N–H and O–H groups in total. The third kappa shape index (κ3) is 5.69. The van der Waals surface area contributed by atoms with Gasteiger partial charge in [0.15, 0.2) is 0 Å². The van der Waals surface area contributed by atoms with Crippen LogP contribution in [0.4, 0.5) is 14.9 Å². The molecule has 0 aromatic carbocycles. The van der Waals surface area contributed by atoms with Crippen molar-refractivity contribution in [1.29, 1.82) is 5.26 Å². The van der Waals surface area contributed by atoms with Crippen molar-refractivity contribution >= 4 is 17.6 Å². The van der Waals surface area contributed by atoms with Gasteiger partial charge < -0.3 is 20.9 Å². The third-order valence-corrected chi connectivity index (χ3v) is 5.35. The number of nitrogens with two attached hydrogens (primary N) is 1. The van der Waals surface area contributed by atoms with E-state index in [1.807, 2.05) is 24.3 Å². The first-order valence-electron chi connectivity index (χ1n) is 10.3. The van der Waals surface area contributed by atoms with E-state index in [0.29, 0.717) is 37.3 Å². The minimum absolute atomic E-state index is 0.0782. The van der Waals surface area contributed by atoms with Crippen molar-refractivity contribution in [3.63, 3.8) is 0 Å². The van der Waals surface area contributed by atoms with E-state index in [-0.39, 0.29) is 24.6 Å². The van der Waals surface area contributed by atoms with Gasteiger partial charge in [0.05, 0.1) is 36.3 Å². The fourth-order valence-electron chi connectivity index (χ4n) is 3.60. The maximum atomic E-state index is 15.0. The zero-order valence-electron chi connectivity index (χ0n) is 17.9. The highest BCUT2D eigenvalue weighted by molar-refractivity contribution is 5.98. The minimum Gasteiger partial charge on any atom is -0.378 e. The molecule has 3 rings (SSSR count). The van der Waals surface area contributed by atoms with Crippen molar-refractivity contribution in [3.8, 4) is 6.07 Å². The second kappa shape index (κ2) is 10.5. The number of amides is 3. The van der Waals surface area contributed by atoms with Gasteiger partial charge in [0.2, 0.25) is 0 Å². The molecule has 0 spiro atoms. The standard InChI is InChI=1S/C22H26FN7O2/c1-29(9-4-7-24)22(32)30-10-6-19(18(23)14-30)28-20-12-16(27-13-17(20)21(25)31)11-15-5-2-3-8-26-15/h2-3,5,8,12-13,18-19H,4,6,9-11,14H2,1H3,(H2,25,31)(H,27,28)/t18-,19+/m0/s1. The van der Waals surface area contributed by atoms with Gasteiger partial charge in [-0.1, -0.05) is 6.07 Å². The van der Waals surface area contributed by atoms with Gasteiger partial charge in [-0.2, -0.15) is 5.26 Å². The van der Waals surface area contributed by atoms with E-state index >= 15 is 0 Å². The monoisotopic (exact) mass is 439 g/mol. The molecule has 1 aliphatic heterocycles. The molecule has 0 saturated carbocycles. The average molecular weight is 439 g/mol. The number of nitrogens with zero attached hydrogens (tertiary/aromatic N) is 5. The molecule has 0 aliphatic carbocycles. The molecule has 0 radical (unpaired) electrons. The second-order valence-electron chi connectivity index (χ2n) is 7.70. The van der Waals surface area contributed by atoms with Crippen molar-refractivity contribution in [2.75, 3.05) is 32.0 Å². The molecule has 2 aromatic heterocycles. The summed E-state index contributed by atoms with van der Waals surface area (Å²) in [7, 11) is 1.59. The summed E-state index contributed by atoms with van der Waals surface area (Å²) in [6.45, 7) is 0.569. The van der Waals surface area contributed by atoms with Gasteiger partial charge in [0.1, 0.15) is 6.17 Å². The quantitative estimate of drug-likeness (QED) is 0.679. The average Bonchev–Trinajstić information content (AvgIpc) is 2.79. The second-order valence-corrected chi connectivity index (χ2v) is 7.70. The largest absolute Gasteiger partial charge is 0.378 e. The summed E-state index contributed by atoms with van der Waals surface area (Å²) in [5, 5.41) is 11.8. The van der Waals surface area contributed by atoms with Crippen molar-refractivity contribution < 1.29 is 14.0 Å². The molecular weight excluding hydrogens is 413 g/mol. The highest BCUT2D eigenvalue weighted by Gasteiger charge is 2.33. The van der Waals surface area contributed by atoms with Crippen LogP contribution in [-0.4, -0.2) is 70.6 Å². The maximum absolute atomic E-state index is 15.0. The van der Waals surface area contributed by atoms with Gasteiger partial charge in [-0.05, 0) is 24.6 Å². The number of nitriles is 1. The van der Waals surface area contributed by atoms with Crippen LogP contribution in [0.1, 0.15) is 34.6 Å². The highest BCUT2D eigenvalue weighted by atomic mass is 19.1. The minimum atomic E-state index is -1.34. The highest BCUT2D eigenvalue weighted by Crippen LogP contribution is 2.24. The van der Waals surface area contributed by atoms with Crippen LogP contribution in [0.15, 0.2) is 36.7 Å². The molecule has 2 atom stereocenters. The predicted octanol–water partition coefficient (Wildman–Crippen LogP) is 1.96. The fourth-order valence-corrected chi connectivity index (χ4v) is 3.60. The molecular formula is C22H26FN7O2. The number of anilines is 1. The molecule has 168 valence electrons. The molecule has 3 heterocycles.